The lowest BCUT2D eigenvalue weighted by molar-refractivity contribution is -0.140. The standard InChI is InChI=1S/C23H28O5/c1-10(2)12-7-11(3)16(22(26)27-6)18-13(12)8-14-17-15(28-21(14)25)9-23(4,5)19(17)20(18)24/h8,12-13,15,17-19H,1,7,9H2,2-6H3. The molecule has 0 bridgehead atoms. The number of hydrogen-bond donors (Lipinski definition) is 0. The highest BCUT2D eigenvalue weighted by Crippen LogP contribution is 2.59. The van der Waals surface area contributed by atoms with Gasteiger partial charge in [0, 0.05) is 23.0 Å². The third kappa shape index (κ3) is 2.48. The Kier molecular flexibility index (Phi) is 4.22. The van der Waals surface area contributed by atoms with Crippen molar-refractivity contribution >= 4 is 17.7 Å². The fourth-order valence-corrected chi connectivity index (χ4v) is 6.18. The Hall–Kier alpha value is -2.17. The molecule has 0 aromatic carbocycles. The van der Waals surface area contributed by atoms with Crippen LogP contribution in [0.2, 0.25) is 0 Å². The molecule has 0 amide bonds. The van der Waals surface area contributed by atoms with E-state index in [-0.39, 0.29) is 46.9 Å². The minimum absolute atomic E-state index is 0.00337. The molecule has 0 spiro atoms. The van der Waals surface area contributed by atoms with E-state index in [0.717, 1.165) is 11.1 Å². The Labute approximate surface area is 165 Å². The van der Waals surface area contributed by atoms with Crippen LogP contribution in [0, 0.1) is 35.0 Å². The van der Waals surface area contributed by atoms with E-state index in [1.165, 1.54) is 7.11 Å². The third-order valence-corrected chi connectivity index (χ3v) is 7.35. The van der Waals surface area contributed by atoms with E-state index in [0.29, 0.717) is 24.0 Å². The second kappa shape index (κ2) is 6.16. The molecule has 0 aromatic rings. The number of hydrogen-bond acceptors (Lipinski definition) is 5. The molecular formula is C23H28O5. The highest BCUT2D eigenvalue weighted by molar-refractivity contribution is 6.03. The van der Waals surface area contributed by atoms with Crippen LogP contribution in [0.3, 0.4) is 0 Å². The van der Waals surface area contributed by atoms with Crippen LogP contribution in [0.4, 0.5) is 0 Å². The summed E-state index contributed by atoms with van der Waals surface area (Å²) in [6.07, 6.45) is 2.98. The molecular weight excluding hydrogens is 356 g/mol. The SMILES string of the molecule is C=C(C)C1CC(C)=C(C(=O)OC)C2C(=O)C3C4C(=CC12)C(=O)OC4CC3(C)C. The van der Waals surface area contributed by atoms with Gasteiger partial charge in [-0.05, 0) is 43.9 Å². The van der Waals surface area contributed by atoms with Crippen molar-refractivity contribution in [2.24, 2.45) is 35.0 Å². The van der Waals surface area contributed by atoms with Gasteiger partial charge in [-0.3, -0.25) is 4.79 Å². The summed E-state index contributed by atoms with van der Waals surface area (Å²) >= 11 is 0. The topological polar surface area (TPSA) is 69.7 Å². The maximum atomic E-state index is 14.0. The van der Waals surface area contributed by atoms with Gasteiger partial charge in [0.25, 0.3) is 0 Å². The number of fused-ring (bicyclic) bond motifs is 1. The first kappa shape index (κ1) is 19.2. The first-order valence-corrected chi connectivity index (χ1v) is 9.98. The first-order chi connectivity index (χ1) is 13.1. The fraction of sp³-hybridized carbons (Fsp3) is 0.609. The van der Waals surface area contributed by atoms with Crippen molar-refractivity contribution in [2.75, 3.05) is 7.11 Å². The van der Waals surface area contributed by atoms with Crippen LogP contribution in [0.15, 0.2) is 34.9 Å². The van der Waals surface area contributed by atoms with Gasteiger partial charge in [0.2, 0.25) is 0 Å². The number of ketones is 1. The van der Waals surface area contributed by atoms with E-state index in [4.69, 9.17) is 9.47 Å². The van der Waals surface area contributed by atoms with Gasteiger partial charge in [-0.25, -0.2) is 9.59 Å². The third-order valence-electron chi connectivity index (χ3n) is 7.35. The van der Waals surface area contributed by atoms with Crippen molar-refractivity contribution in [1.82, 2.24) is 0 Å². The largest absolute Gasteiger partial charge is 0.466 e. The number of allylic oxidation sites excluding steroid dienone is 3. The van der Waals surface area contributed by atoms with Crippen LogP contribution in [-0.2, 0) is 23.9 Å². The van der Waals surface area contributed by atoms with Crippen LogP contribution < -0.4 is 0 Å². The van der Waals surface area contributed by atoms with Crippen LogP contribution in [0.5, 0.6) is 0 Å². The molecule has 28 heavy (non-hydrogen) atoms. The predicted octanol–water partition coefficient (Wildman–Crippen LogP) is 3.40. The van der Waals surface area contributed by atoms with Crippen LogP contribution >= 0.6 is 0 Å². The second-order valence-electron chi connectivity index (χ2n) is 9.56. The molecule has 150 valence electrons. The maximum Gasteiger partial charge on any atom is 0.334 e. The molecule has 3 aliphatic carbocycles. The summed E-state index contributed by atoms with van der Waals surface area (Å²) in [7, 11) is 1.35. The van der Waals surface area contributed by atoms with Gasteiger partial charge in [-0.15, -0.1) is 0 Å². The molecule has 4 rings (SSSR count). The smallest absolute Gasteiger partial charge is 0.334 e. The molecule has 6 atom stereocenters. The second-order valence-corrected chi connectivity index (χ2v) is 9.56. The normalized spacial score (nSPS) is 38.2. The van der Waals surface area contributed by atoms with Gasteiger partial charge in [0.05, 0.1) is 13.0 Å². The van der Waals surface area contributed by atoms with Crippen molar-refractivity contribution in [3.63, 3.8) is 0 Å². The molecule has 1 aliphatic heterocycles. The molecule has 1 heterocycles. The van der Waals surface area contributed by atoms with Gasteiger partial charge in [0.15, 0.2) is 0 Å². The van der Waals surface area contributed by atoms with E-state index in [1.807, 2.05) is 19.9 Å². The van der Waals surface area contributed by atoms with Crippen molar-refractivity contribution in [3.8, 4) is 0 Å². The molecule has 4 aliphatic rings. The Morgan fingerprint density at radius 2 is 2.00 bits per heavy atom. The van der Waals surface area contributed by atoms with Crippen molar-refractivity contribution in [2.45, 2.75) is 46.6 Å². The lowest BCUT2D eigenvalue weighted by Gasteiger charge is -2.39. The van der Waals surface area contributed by atoms with Crippen molar-refractivity contribution in [1.29, 1.82) is 0 Å². The zero-order valence-corrected chi connectivity index (χ0v) is 17.2. The number of carbonyl (C=O) groups is 3. The van der Waals surface area contributed by atoms with Crippen LogP contribution in [0.25, 0.3) is 0 Å². The molecule has 0 aromatic heterocycles. The number of esters is 2. The average molecular weight is 384 g/mol. The minimum Gasteiger partial charge on any atom is -0.466 e. The summed E-state index contributed by atoms with van der Waals surface area (Å²) in [6.45, 7) is 12.1. The summed E-state index contributed by atoms with van der Waals surface area (Å²) in [5.74, 6) is -2.15. The Morgan fingerprint density at radius 1 is 1.32 bits per heavy atom. The van der Waals surface area contributed by atoms with Gasteiger partial charge in [0.1, 0.15) is 11.9 Å². The molecule has 0 N–H and O–H groups in total. The van der Waals surface area contributed by atoms with Crippen LogP contribution in [-0.4, -0.2) is 30.9 Å². The summed E-state index contributed by atoms with van der Waals surface area (Å²) in [5.41, 5.74) is 2.63. The van der Waals surface area contributed by atoms with E-state index < -0.39 is 11.9 Å². The lowest BCUT2D eigenvalue weighted by atomic mass is 9.63. The highest BCUT2D eigenvalue weighted by atomic mass is 16.6. The molecule has 2 fully saturated rings. The van der Waals surface area contributed by atoms with Crippen molar-refractivity contribution < 1.29 is 23.9 Å². The Bertz CT molecular complexity index is 858. The monoisotopic (exact) mass is 384 g/mol. The summed E-state index contributed by atoms with van der Waals surface area (Å²) in [6, 6.07) is 0. The minimum atomic E-state index is -0.600. The van der Waals surface area contributed by atoms with E-state index >= 15 is 0 Å². The van der Waals surface area contributed by atoms with Gasteiger partial charge in [-0.1, -0.05) is 37.6 Å². The Balaban J connectivity index is 1.95. The number of carbonyl (C=O) groups excluding carboxylic acids is 3. The average Bonchev–Trinajstić information content (AvgIpc) is 2.96. The highest BCUT2D eigenvalue weighted by Gasteiger charge is 2.63. The quantitative estimate of drug-likeness (QED) is 0.539. The fourth-order valence-electron chi connectivity index (χ4n) is 6.18. The van der Waals surface area contributed by atoms with E-state index in [1.54, 1.807) is 0 Å². The Morgan fingerprint density at radius 3 is 2.61 bits per heavy atom. The maximum absolute atomic E-state index is 14.0. The molecule has 5 nitrogen and oxygen atoms in total. The zero-order valence-electron chi connectivity index (χ0n) is 17.2. The summed E-state index contributed by atoms with van der Waals surface area (Å²) in [4.78, 5) is 39.3. The molecule has 1 saturated heterocycles. The summed E-state index contributed by atoms with van der Waals surface area (Å²) in [5, 5.41) is 0. The molecule has 5 heteroatoms. The van der Waals surface area contributed by atoms with E-state index in [2.05, 4.69) is 20.4 Å². The van der Waals surface area contributed by atoms with E-state index in [9.17, 15) is 14.4 Å². The molecule has 6 unspecified atom stereocenters. The first-order valence-electron chi connectivity index (χ1n) is 9.98. The zero-order chi connectivity index (χ0) is 20.5. The molecule has 1 saturated carbocycles. The van der Waals surface area contributed by atoms with Gasteiger partial charge >= 0.3 is 11.9 Å². The number of Topliss-reactive ketones (excluding diaryl/α,β-unsaturated/α-hetero) is 1. The number of rotatable bonds is 2. The van der Waals surface area contributed by atoms with Gasteiger partial charge in [-0.2, -0.15) is 0 Å². The number of ether oxygens (including phenoxy) is 2. The van der Waals surface area contributed by atoms with Crippen LogP contribution in [0.1, 0.15) is 40.5 Å². The van der Waals surface area contributed by atoms with Crippen molar-refractivity contribution in [3.05, 3.63) is 34.9 Å². The lowest BCUT2D eigenvalue weighted by Crippen LogP contribution is -2.42. The molecule has 0 radical (unpaired) electrons. The predicted molar refractivity (Wildman–Crippen MR) is 103 cm³/mol. The summed E-state index contributed by atoms with van der Waals surface area (Å²) < 4.78 is 10.7. The number of methoxy groups -OCH3 is 1. The van der Waals surface area contributed by atoms with Gasteiger partial charge < -0.3 is 9.47 Å².